The third-order valence-corrected chi connectivity index (χ3v) is 3.62. The van der Waals surface area contributed by atoms with E-state index in [9.17, 15) is 0 Å². The molecule has 0 N–H and O–H groups in total. The molecular formula is C13H15BrN2O. The van der Waals surface area contributed by atoms with Crippen LogP contribution in [0, 0.1) is 11.3 Å². The van der Waals surface area contributed by atoms with Gasteiger partial charge in [-0.1, -0.05) is 15.9 Å². The molecule has 1 atom stereocenters. The maximum absolute atomic E-state index is 9.06. The normalized spacial score (nSPS) is 20.2. The van der Waals surface area contributed by atoms with E-state index in [1.54, 1.807) is 7.11 Å². The van der Waals surface area contributed by atoms with Crippen molar-refractivity contribution < 1.29 is 4.74 Å². The van der Waals surface area contributed by atoms with Crippen molar-refractivity contribution in [1.29, 1.82) is 5.26 Å². The summed E-state index contributed by atoms with van der Waals surface area (Å²) in [7, 11) is 1.68. The fraction of sp³-hybridized carbons (Fsp3) is 0.462. The Balaban J connectivity index is 2.18. The van der Waals surface area contributed by atoms with Crippen molar-refractivity contribution in [3.05, 3.63) is 28.2 Å². The topological polar surface area (TPSA) is 36.3 Å². The molecule has 1 aliphatic rings. The first-order valence-electron chi connectivity index (χ1n) is 5.70. The molecular weight excluding hydrogens is 280 g/mol. The monoisotopic (exact) mass is 294 g/mol. The van der Waals surface area contributed by atoms with E-state index in [1.807, 2.05) is 12.1 Å². The fourth-order valence-electron chi connectivity index (χ4n) is 2.25. The second kappa shape index (κ2) is 5.52. The van der Waals surface area contributed by atoms with E-state index in [0.29, 0.717) is 0 Å². The highest BCUT2D eigenvalue weighted by molar-refractivity contribution is 9.10. The third kappa shape index (κ3) is 2.80. The minimum Gasteiger partial charge on any atom is -0.496 e. The molecule has 1 aliphatic heterocycles. The smallest absolute Gasteiger partial charge is 0.123 e. The van der Waals surface area contributed by atoms with Gasteiger partial charge < -0.3 is 4.74 Å². The van der Waals surface area contributed by atoms with Crippen molar-refractivity contribution in [1.82, 2.24) is 4.90 Å². The molecule has 1 fully saturated rings. The quantitative estimate of drug-likeness (QED) is 0.860. The molecule has 0 spiro atoms. The molecule has 4 heteroatoms. The fourth-order valence-corrected chi connectivity index (χ4v) is 2.66. The molecule has 0 aromatic heterocycles. The average Bonchev–Trinajstić information content (AvgIpc) is 2.77. The molecule has 1 heterocycles. The Labute approximate surface area is 110 Å². The Morgan fingerprint density at radius 3 is 3.12 bits per heavy atom. The van der Waals surface area contributed by atoms with Crippen molar-refractivity contribution in [2.75, 3.05) is 13.7 Å². The maximum Gasteiger partial charge on any atom is 0.123 e. The molecule has 0 amide bonds. The van der Waals surface area contributed by atoms with Gasteiger partial charge >= 0.3 is 0 Å². The Kier molecular flexibility index (Phi) is 4.03. The van der Waals surface area contributed by atoms with E-state index in [1.165, 1.54) is 0 Å². The molecule has 0 saturated carbocycles. The lowest BCUT2D eigenvalue weighted by Gasteiger charge is -2.20. The van der Waals surface area contributed by atoms with Gasteiger partial charge in [-0.05, 0) is 37.6 Å². The van der Waals surface area contributed by atoms with E-state index in [-0.39, 0.29) is 6.04 Å². The van der Waals surface area contributed by atoms with Crippen LogP contribution in [0.1, 0.15) is 18.4 Å². The number of benzene rings is 1. The number of hydrogen-bond donors (Lipinski definition) is 0. The van der Waals surface area contributed by atoms with E-state index < -0.39 is 0 Å². The highest BCUT2D eigenvalue weighted by Crippen LogP contribution is 2.27. The zero-order valence-electron chi connectivity index (χ0n) is 9.82. The van der Waals surface area contributed by atoms with Crippen LogP contribution in [-0.4, -0.2) is 24.6 Å². The van der Waals surface area contributed by atoms with Gasteiger partial charge in [0.05, 0.1) is 19.2 Å². The summed E-state index contributed by atoms with van der Waals surface area (Å²) in [5, 5.41) is 9.06. The van der Waals surface area contributed by atoms with Gasteiger partial charge in [0.15, 0.2) is 0 Å². The summed E-state index contributed by atoms with van der Waals surface area (Å²) in [4.78, 5) is 2.21. The molecule has 0 bridgehead atoms. The van der Waals surface area contributed by atoms with Gasteiger partial charge in [-0.25, -0.2) is 0 Å². The molecule has 1 aromatic carbocycles. The van der Waals surface area contributed by atoms with Gasteiger partial charge in [0.1, 0.15) is 5.75 Å². The van der Waals surface area contributed by atoms with Crippen molar-refractivity contribution in [3.63, 3.8) is 0 Å². The van der Waals surface area contributed by atoms with Crippen LogP contribution in [0.5, 0.6) is 5.75 Å². The number of halogens is 1. The highest BCUT2D eigenvalue weighted by atomic mass is 79.9. The number of ether oxygens (including phenoxy) is 1. The number of nitriles is 1. The third-order valence-electron chi connectivity index (χ3n) is 3.13. The minimum atomic E-state index is 0.0543. The second-order valence-electron chi connectivity index (χ2n) is 4.21. The van der Waals surface area contributed by atoms with Gasteiger partial charge in [0.25, 0.3) is 0 Å². The first-order chi connectivity index (χ1) is 8.24. The molecule has 2 rings (SSSR count). The maximum atomic E-state index is 9.06. The van der Waals surface area contributed by atoms with Crippen LogP contribution in [0.15, 0.2) is 22.7 Å². The Bertz CT molecular complexity index is 442. The zero-order chi connectivity index (χ0) is 12.3. The van der Waals surface area contributed by atoms with E-state index in [4.69, 9.17) is 10.00 Å². The van der Waals surface area contributed by atoms with E-state index in [0.717, 1.165) is 41.7 Å². The first kappa shape index (κ1) is 12.4. The van der Waals surface area contributed by atoms with Crippen molar-refractivity contribution in [2.45, 2.75) is 25.4 Å². The number of rotatable bonds is 3. The summed E-state index contributed by atoms with van der Waals surface area (Å²) < 4.78 is 6.39. The molecule has 1 saturated heterocycles. The van der Waals surface area contributed by atoms with Crippen LogP contribution < -0.4 is 4.74 Å². The van der Waals surface area contributed by atoms with E-state index in [2.05, 4.69) is 33.0 Å². The van der Waals surface area contributed by atoms with Gasteiger partial charge in [-0.2, -0.15) is 5.26 Å². The minimum absolute atomic E-state index is 0.0543. The summed E-state index contributed by atoms with van der Waals surface area (Å²) in [6.45, 7) is 1.77. The summed E-state index contributed by atoms with van der Waals surface area (Å²) >= 11 is 3.47. The predicted molar refractivity (Wildman–Crippen MR) is 69.7 cm³/mol. The molecule has 1 unspecified atom stereocenters. The SMILES string of the molecule is COc1ccc(Br)cc1CN1CCCC1C#N. The van der Waals surface area contributed by atoms with E-state index >= 15 is 0 Å². The number of hydrogen-bond acceptors (Lipinski definition) is 3. The van der Waals surface area contributed by atoms with Crippen LogP contribution in [0.3, 0.4) is 0 Å². The average molecular weight is 295 g/mol. The van der Waals surface area contributed by atoms with Crippen LogP contribution in [-0.2, 0) is 6.54 Å². The molecule has 1 aromatic rings. The lowest BCUT2D eigenvalue weighted by Crippen LogP contribution is -2.27. The molecule has 90 valence electrons. The van der Waals surface area contributed by atoms with Gasteiger partial charge in [0.2, 0.25) is 0 Å². The number of methoxy groups -OCH3 is 1. The second-order valence-corrected chi connectivity index (χ2v) is 5.13. The lowest BCUT2D eigenvalue weighted by atomic mass is 10.1. The number of likely N-dealkylation sites (tertiary alicyclic amines) is 1. The zero-order valence-corrected chi connectivity index (χ0v) is 11.4. The van der Waals surface area contributed by atoms with Crippen molar-refractivity contribution >= 4 is 15.9 Å². The van der Waals surface area contributed by atoms with Crippen LogP contribution in [0.25, 0.3) is 0 Å². The largest absolute Gasteiger partial charge is 0.496 e. The Morgan fingerprint density at radius 1 is 1.59 bits per heavy atom. The lowest BCUT2D eigenvalue weighted by molar-refractivity contribution is 0.280. The summed E-state index contributed by atoms with van der Waals surface area (Å²) in [5.41, 5.74) is 1.13. The van der Waals surface area contributed by atoms with Crippen LogP contribution in [0.2, 0.25) is 0 Å². The predicted octanol–water partition coefficient (Wildman–Crippen LogP) is 2.95. The first-order valence-corrected chi connectivity index (χ1v) is 6.50. The van der Waals surface area contributed by atoms with Gasteiger partial charge in [-0.3, -0.25) is 4.90 Å². The van der Waals surface area contributed by atoms with Crippen molar-refractivity contribution in [2.24, 2.45) is 0 Å². The summed E-state index contributed by atoms with van der Waals surface area (Å²) in [5.74, 6) is 0.886. The Hall–Kier alpha value is -1.05. The molecule has 17 heavy (non-hydrogen) atoms. The van der Waals surface area contributed by atoms with Crippen LogP contribution in [0.4, 0.5) is 0 Å². The molecule has 0 radical (unpaired) electrons. The van der Waals surface area contributed by atoms with Gasteiger partial charge in [-0.15, -0.1) is 0 Å². The van der Waals surface area contributed by atoms with Crippen LogP contribution >= 0.6 is 15.9 Å². The molecule has 0 aliphatic carbocycles. The standard InChI is InChI=1S/C13H15BrN2O/c1-17-13-5-4-11(14)7-10(13)9-16-6-2-3-12(16)8-15/h4-5,7,12H,2-3,6,9H2,1H3. The summed E-state index contributed by atoms with van der Waals surface area (Å²) in [6.07, 6.45) is 2.08. The number of nitrogens with zero attached hydrogens (tertiary/aromatic N) is 2. The van der Waals surface area contributed by atoms with Gasteiger partial charge in [0, 0.05) is 16.6 Å². The highest BCUT2D eigenvalue weighted by Gasteiger charge is 2.24. The summed E-state index contributed by atoms with van der Waals surface area (Å²) in [6, 6.07) is 8.40. The Morgan fingerprint density at radius 2 is 2.41 bits per heavy atom. The van der Waals surface area contributed by atoms with Crippen molar-refractivity contribution in [3.8, 4) is 11.8 Å². The molecule has 3 nitrogen and oxygen atoms in total.